The van der Waals surface area contributed by atoms with Gasteiger partial charge in [0.25, 0.3) is 0 Å². The summed E-state index contributed by atoms with van der Waals surface area (Å²) in [7, 11) is -3.60. The van der Waals surface area contributed by atoms with Gasteiger partial charge in [0, 0.05) is 6.07 Å². The Bertz CT molecular complexity index is 995. The van der Waals surface area contributed by atoms with Gasteiger partial charge >= 0.3 is 0 Å². The second-order valence-corrected chi connectivity index (χ2v) is 6.77. The number of rotatable bonds is 3. The fraction of sp³-hybridized carbons (Fsp3) is 0.0714. The van der Waals surface area contributed by atoms with Crippen LogP contribution in [0.15, 0.2) is 51.7 Å². The first-order chi connectivity index (χ1) is 10.00. The molecule has 7 heteroatoms. The van der Waals surface area contributed by atoms with Crippen molar-refractivity contribution in [3.63, 3.8) is 0 Å². The number of para-hydroxylation sites is 1. The van der Waals surface area contributed by atoms with E-state index in [0.717, 1.165) is 0 Å². The number of hydrogen-bond donors (Lipinski definition) is 1. The van der Waals surface area contributed by atoms with Gasteiger partial charge in [-0.15, -0.1) is 11.6 Å². The largest absolute Gasteiger partial charge is 0.456 e. The van der Waals surface area contributed by atoms with E-state index in [-0.39, 0.29) is 5.43 Å². The molecule has 0 atom stereocenters. The Kier molecular flexibility index (Phi) is 3.35. The van der Waals surface area contributed by atoms with E-state index < -0.39 is 15.2 Å². The average Bonchev–Trinajstić information content (AvgIpc) is 2.47. The molecule has 0 aliphatic carbocycles. The lowest BCUT2D eigenvalue weighted by Crippen LogP contribution is -2.13. The van der Waals surface area contributed by atoms with Crippen molar-refractivity contribution >= 4 is 49.3 Å². The smallest absolute Gasteiger partial charge is 0.246 e. The molecule has 1 heterocycles. The highest BCUT2D eigenvalue weighted by molar-refractivity contribution is 7.93. The zero-order valence-corrected chi connectivity index (χ0v) is 12.2. The highest BCUT2D eigenvalue weighted by Gasteiger charge is 2.11. The molecular formula is C14H10ClNO4S. The van der Waals surface area contributed by atoms with E-state index in [1.807, 2.05) is 0 Å². The summed E-state index contributed by atoms with van der Waals surface area (Å²) in [4.78, 5) is 12.3. The van der Waals surface area contributed by atoms with Crippen LogP contribution in [0.5, 0.6) is 0 Å². The molecule has 0 saturated carbocycles. The summed E-state index contributed by atoms with van der Waals surface area (Å²) in [5.74, 6) is 0. The lowest BCUT2D eigenvalue weighted by Gasteiger charge is -2.06. The van der Waals surface area contributed by atoms with Crippen LogP contribution >= 0.6 is 11.6 Å². The molecule has 0 aliphatic heterocycles. The Morgan fingerprint density at radius 3 is 2.52 bits per heavy atom. The maximum Gasteiger partial charge on any atom is 0.246 e. The second-order valence-electron chi connectivity index (χ2n) is 4.46. The number of nitrogens with one attached hydrogen (secondary N) is 1. The van der Waals surface area contributed by atoms with Gasteiger partial charge in [0.15, 0.2) is 0 Å². The molecule has 0 fully saturated rings. The van der Waals surface area contributed by atoms with Crippen LogP contribution in [0.3, 0.4) is 0 Å². The number of anilines is 1. The molecule has 2 aromatic carbocycles. The van der Waals surface area contributed by atoms with Crippen LogP contribution < -0.4 is 10.2 Å². The van der Waals surface area contributed by atoms with Gasteiger partial charge in [0.05, 0.1) is 16.5 Å². The van der Waals surface area contributed by atoms with Crippen LogP contribution in [-0.2, 0) is 10.0 Å². The van der Waals surface area contributed by atoms with Gasteiger partial charge in [0.2, 0.25) is 15.5 Å². The number of halogens is 1. The highest BCUT2D eigenvalue weighted by Crippen LogP contribution is 2.22. The maximum atomic E-state index is 12.3. The van der Waals surface area contributed by atoms with Gasteiger partial charge in [-0.3, -0.25) is 9.52 Å². The minimum atomic E-state index is -3.60. The molecule has 108 valence electrons. The predicted molar refractivity (Wildman–Crippen MR) is 83.3 cm³/mol. The first-order valence-corrected chi connectivity index (χ1v) is 8.21. The van der Waals surface area contributed by atoms with Crippen LogP contribution in [0.2, 0.25) is 0 Å². The number of fused-ring (bicyclic) bond motifs is 2. The highest BCUT2D eigenvalue weighted by atomic mass is 35.5. The topological polar surface area (TPSA) is 76.4 Å². The van der Waals surface area contributed by atoms with E-state index in [0.29, 0.717) is 27.6 Å². The van der Waals surface area contributed by atoms with Gasteiger partial charge < -0.3 is 4.42 Å². The van der Waals surface area contributed by atoms with Crippen molar-refractivity contribution in [1.29, 1.82) is 0 Å². The molecule has 0 aliphatic rings. The van der Waals surface area contributed by atoms with Crippen LogP contribution in [0.25, 0.3) is 21.9 Å². The van der Waals surface area contributed by atoms with Gasteiger partial charge in [0.1, 0.15) is 16.4 Å². The van der Waals surface area contributed by atoms with Crippen LogP contribution in [-0.4, -0.2) is 13.6 Å². The van der Waals surface area contributed by atoms with E-state index in [4.69, 9.17) is 16.0 Å². The molecular weight excluding hydrogens is 314 g/mol. The maximum absolute atomic E-state index is 12.3. The Morgan fingerprint density at radius 1 is 1.05 bits per heavy atom. The van der Waals surface area contributed by atoms with E-state index in [1.54, 1.807) is 24.3 Å². The average molecular weight is 324 g/mol. The van der Waals surface area contributed by atoms with Crippen molar-refractivity contribution in [3.05, 3.63) is 52.7 Å². The molecule has 5 nitrogen and oxygen atoms in total. The van der Waals surface area contributed by atoms with E-state index in [2.05, 4.69) is 4.72 Å². The normalized spacial score (nSPS) is 11.9. The first kappa shape index (κ1) is 13.9. The second kappa shape index (κ2) is 5.05. The van der Waals surface area contributed by atoms with Gasteiger partial charge in [-0.2, -0.15) is 0 Å². The number of sulfonamides is 1. The SMILES string of the molecule is O=c1c2ccccc2oc2cc(NS(=O)(=O)CCl)ccc12. The quantitative estimate of drug-likeness (QED) is 0.594. The Hall–Kier alpha value is -2.05. The van der Waals surface area contributed by atoms with E-state index in [1.165, 1.54) is 18.2 Å². The molecule has 21 heavy (non-hydrogen) atoms. The van der Waals surface area contributed by atoms with Crippen LogP contribution in [0.1, 0.15) is 0 Å². The summed E-state index contributed by atoms with van der Waals surface area (Å²) in [5.41, 5.74) is 0.904. The molecule has 0 saturated heterocycles. The molecule has 3 aromatic rings. The summed E-state index contributed by atoms with van der Waals surface area (Å²) in [5, 5.41) is 0.328. The molecule has 1 N–H and O–H groups in total. The number of alkyl halides is 1. The van der Waals surface area contributed by atoms with Gasteiger partial charge in [-0.25, -0.2) is 8.42 Å². The minimum absolute atomic E-state index is 0.154. The fourth-order valence-corrected chi connectivity index (χ4v) is 2.78. The number of hydrogen-bond acceptors (Lipinski definition) is 4. The zero-order valence-electron chi connectivity index (χ0n) is 10.7. The summed E-state index contributed by atoms with van der Waals surface area (Å²) >= 11 is 5.34. The molecule has 3 rings (SSSR count). The van der Waals surface area contributed by atoms with Crippen molar-refractivity contribution in [2.75, 3.05) is 9.93 Å². The molecule has 0 amide bonds. The molecule has 0 spiro atoms. The molecule has 1 aromatic heterocycles. The predicted octanol–water partition coefficient (Wildman–Crippen LogP) is 2.88. The Balaban J connectivity index is 2.23. The summed E-state index contributed by atoms with van der Waals surface area (Å²) in [6.45, 7) is 0. The van der Waals surface area contributed by atoms with Crippen molar-refractivity contribution in [2.45, 2.75) is 0 Å². The standard InChI is InChI=1S/C14H10ClNO4S/c15-8-21(18,19)16-9-5-6-11-13(7-9)20-12-4-2-1-3-10(12)14(11)17/h1-7,16H,8H2. The molecule has 0 unspecified atom stereocenters. The molecule has 0 radical (unpaired) electrons. The fourth-order valence-electron chi connectivity index (χ4n) is 2.07. The summed E-state index contributed by atoms with van der Waals surface area (Å²) in [6.07, 6.45) is 0. The third-order valence-electron chi connectivity index (χ3n) is 2.99. The van der Waals surface area contributed by atoms with Crippen molar-refractivity contribution in [1.82, 2.24) is 0 Å². The van der Waals surface area contributed by atoms with Crippen molar-refractivity contribution < 1.29 is 12.8 Å². The molecule has 0 bridgehead atoms. The minimum Gasteiger partial charge on any atom is -0.456 e. The van der Waals surface area contributed by atoms with E-state index in [9.17, 15) is 13.2 Å². The van der Waals surface area contributed by atoms with Crippen LogP contribution in [0, 0.1) is 0 Å². The first-order valence-electron chi connectivity index (χ1n) is 6.02. The Labute approximate surface area is 125 Å². The lowest BCUT2D eigenvalue weighted by atomic mass is 10.1. The monoisotopic (exact) mass is 323 g/mol. The lowest BCUT2D eigenvalue weighted by molar-refractivity contribution is 0.605. The number of benzene rings is 2. The third-order valence-corrected chi connectivity index (χ3v) is 4.69. The van der Waals surface area contributed by atoms with Crippen LogP contribution in [0.4, 0.5) is 5.69 Å². The van der Waals surface area contributed by atoms with E-state index >= 15 is 0 Å². The zero-order chi connectivity index (χ0) is 15.0. The summed E-state index contributed by atoms with van der Waals surface area (Å²) < 4.78 is 30.9. The summed E-state index contributed by atoms with van der Waals surface area (Å²) in [6, 6.07) is 11.4. The van der Waals surface area contributed by atoms with Gasteiger partial charge in [-0.1, -0.05) is 12.1 Å². The Morgan fingerprint density at radius 2 is 1.76 bits per heavy atom. The third kappa shape index (κ3) is 2.59. The van der Waals surface area contributed by atoms with Crippen molar-refractivity contribution in [3.8, 4) is 0 Å². The van der Waals surface area contributed by atoms with Gasteiger partial charge in [-0.05, 0) is 24.3 Å². The van der Waals surface area contributed by atoms with Crippen molar-refractivity contribution in [2.24, 2.45) is 0 Å².